The number of ether oxygens (including phenoxy) is 3. The maximum absolute atomic E-state index is 13.1. The highest BCUT2D eigenvalue weighted by Crippen LogP contribution is 2.33. The first-order chi connectivity index (χ1) is 21.4. The van der Waals surface area contributed by atoms with E-state index < -0.39 is 11.7 Å². The van der Waals surface area contributed by atoms with Crippen molar-refractivity contribution in [3.8, 4) is 11.5 Å². The van der Waals surface area contributed by atoms with E-state index in [9.17, 15) is 13.2 Å². The molecule has 0 atom stereocenters. The molecule has 5 aromatic rings. The van der Waals surface area contributed by atoms with Crippen LogP contribution in [0.15, 0.2) is 73.1 Å². The van der Waals surface area contributed by atoms with Crippen molar-refractivity contribution in [1.29, 1.82) is 0 Å². The fraction of sp³-hybridized carbons (Fsp3) is 0.258. The lowest BCUT2D eigenvalue weighted by atomic mass is 10.1. The Bertz CT molecular complexity index is 1770. The van der Waals surface area contributed by atoms with Crippen molar-refractivity contribution in [3.05, 3.63) is 89.7 Å². The standard InChI is InChI=1S/C31H28F3N7O3/c32-31(33,34)22-4-1-20(2-5-22)17-41-18-36-27-28(37-23-6-8-24(9-7-23)40-11-13-42-14-12-40)38-30(39-29(27)41)35-16-21-3-10-25-26(15-21)44-19-43-25/h1-10,15,18H,11-14,16-17,19H2,(H2,35,37,38,39). The third-order valence-corrected chi connectivity index (χ3v) is 7.49. The number of rotatable bonds is 8. The van der Waals surface area contributed by atoms with Gasteiger partial charge in [0.15, 0.2) is 28.5 Å². The molecule has 226 valence electrons. The first kappa shape index (κ1) is 27.8. The van der Waals surface area contributed by atoms with Gasteiger partial charge in [0.05, 0.1) is 31.6 Å². The van der Waals surface area contributed by atoms with E-state index in [0.717, 1.165) is 42.2 Å². The second-order valence-electron chi connectivity index (χ2n) is 10.4. The van der Waals surface area contributed by atoms with Crippen LogP contribution in [0.5, 0.6) is 11.5 Å². The molecule has 44 heavy (non-hydrogen) atoms. The van der Waals surface area contributed by atoms with Crippen molar-refractivity contribution >= 4 is 34.3 Å². The van der Waals surface area contributed by atoms with Gasteiger partial charge in [0.1, 0.15) is 0 Å². The van der Waals surface area contributed by atoms with Crippen molar-refractivity contribution in [2.75, 3.05) is 48.6 Å². The lowest BCUT2D eigenvalue weighted by molar-refractivity contribution is -0.137. The molecule has 2 aliphatic heterocycles. The maximum Gasteiger partial charge on any atom is 0.416 e. The Morgan fingerprint density at radius 3 is 2.36 bits per heavy atom. The zero-order valence-corrected chi connectivity index (χ0v) is 23.5. The Kier molecular flexibility index (Phi) is 7.30. The monoisotopic (exact) mass is 603 g/mol. The Hall–Kier alpha value is -5.04. The smallest absolute Gasteiger partial charge is 0.416 e. The minimum Gasteiger partial charge on any atom is -0.454 e. The summed E-state index contributed by atoms with van der Waals surface area (Å²) < 4.78 is 57.4. The number of imidazole rings is 1. The molecule has 1 fully saturated rings. The average molecular weight is 604 g/mol. The van der Waals surface area contributed by atoms with Crippen molar-refractivity contribution in [1.82, 2.24) is 19.5 Å². The maximum atomic E-state index is 13.1. The summed E-state index contributed by atoms with van der Waals surface area (Å²) >= 11 is 0. The Labute approximate surface area is 250 Å². The second-order valence-corrected chi connectivity index (χ2v) is 10.4. The molecule has 2 N–H and O–H groups in total. The zero-order valence-electron chi connectivity index (χ0n) is 23.5. The van der Waals surface area contributed by atoms with Crippen LogP contribution in [-0.2, 0) is 24.0 Å². The molecular weight excluding hydrogens is 575 g/mol. The molecular formula is C31H28F3N7O3. The molecule has 0 aliphatic carbocycles. The van der Waals surface area contributed by atoms with Crippen LogP contribution in [0.2, 0.25) is 0 Å². The lowest BCUT2D eigenvalue weighted by Gasteiger charge is -2.28. The van der Waals surface area contributed by atoms with Crippen LogP contribution in [-0.4, -0.2) is 52.6 Å². The molecule has 0 amide bonds. The van der Waals surface area contributed by atoms with E-state index in [-0.39, 0.29) is 13.3 Å². The summed E-state index contributed by atoms with van der Waals surface area (Å²) in [6, 6.07) is 18.8. The van der Waals surface area contributed by atoms with E-state index in [2.05, 4.69) is 20.5 Å². The number of alkyl halides is 3. The molecule has 13 heteroatoms. The highest BCUT2D eigenvalue weighted by atomic mass is 19.4. The number of fused-ring (bicyclic) bond motifs is 2. The summed E-state index contributed by atoms with van der Waals surface area (Å²) in [4.78, 5) is 16.3. The number of anilines is 4. The summed E-state index contributed by atoms with van der Waals surface area (Å²) in [6.07, 6.45) is -2.78. The molecule has 2 aliphatic rings. The van der Waals surface area contributed by atoms with Crippen LogP contribution in [0.1, 0.15) is 16.7 Å². The molecule has 1 saturated heterocycles. The van der Waals surface area contributed by atoms with Crippen molar-refractivity contribution in [2.45, 2.75) is 19.3 Å². The van der Waals surface area contributed by atoms with E-state index in [1.165, 1.54) is 12.1 Å². The topological polar surface area (TPSA) is 98.6 Å². The molecule has 3 aromatic carbocycles. The van der Waals surface area contributed by atoms with Gasteiger partial charge in [0.2, 0.25) is 12.7 Å². The number of benzene rings is 3. The Morgan fingerprint density at radius 2 is 1.59 bits per heavy atom. The van der Waals surface area contributed by atoms with E-state index in [4.69, 9.17) is 24.2 Å². The van der Waals surface area contributed by atoms with E-state index >= 15 is 0 Å². The highest BCUT2D eigenvalue weighted by Gasteiger charge is 2.30. The minimum absolute atomic E-state index is 0.192. The quantitative estimate of drug-likeness (QED) is 0.228. The second kappa shape index (κ2) is 11.6. The van der Waals surface area contributed by atoms with E-state index in [1.807, 2.05) is 42.5 Å². The van der Waals surface area contributed by atoms with E-state index in [0.29, 0.717) is 59.8 Å². The number of hydrogen-bond donors (Lipinski definition) is 2. The molecule has 0 spiro atoms. The van der Waals surface area contributed by atoms with Crippen LogP contribution in [0.3, 0.4) is 0 Å². The highest BCUT2D eigenvalue weighted by molar-refractivity contribution is 5.86. The fourth-order valence-corrected chi connectivity index (χ4v) is 5.17. The van der Waals surface area contributed by atoms with Crippen molar-refractivity contribution in [3.63, 3.8) is 0 Å². The van der Waals surface area contributed by atoms with Gasteiger partial charge in [-0.1, -0.05) is 18.2 Å². The predicted octanol–water partition coefficient (Wildman–Crippen LogP) is 5.81. The number of halogens is 3. The van der Waals surface area contributed by atoms with E-state index in [1.54, 1.807) is 10.9 Å². The minimum atomic E-state index is -4.40. The Balaban J connectivity index is 1.17. The molecule has 10 nitrogen and oxygen atoms in total. The number of nitrogens with one attached hydrogen (secondary N) is 2. The molecule has 4 heterocycles. The first-order valence-corrected chi connectivity index (χ1v) is 14.1. The molecule has 0 bridgehead atoms. The summed E-state index contributed by atoms with van der Waals surface area (Å²) in [5.41, 5.74) is 3.92. The molecule has 0 unspecified atom stereocenters. The fourth-order valence-electron chi connectivity index (χ4n) is 5.17. The van der Waals surface area contributed by atoms with Gasteiger partial charge in [0.25, 0.3) is 0 Å². The number of morpholine rings is 1. The lowest BCUT2D eigenvalue weighted by Crippen LogP contribution is -2.36. The molecule has 2 aromatic heterocycles. The first-order valence-electron chi connectivity index (χ1n) is 14.1. The van der Waals surface area contributed by atoms with Crippen LogP contribution in [0.25, 0.3) is 11.2 Å². The summed E-state index contributed by atoms with van der Waals surface area (Å²) in [7, 11) is 0. The Morgan fingerprint density at radius 1 is 0.841 bits per heavy atom. The number of hydrogen-bond acceptors (Lipinski definition) is 9. The van der Waals surface area contributed by atoms with Gasteiger partial charge in [-0.3, -0.25) is 0 Å². The number of nitrogens with zero attached hydrogens (tertiary/aromatic N) is 5. The summed E-state index contributed by atoms with van der Waals surface area (Å²) in [5, 5.41) is 6.66. The zero-order chi connectivity index (χ0) is 30.1. The largest absolute Gasteiger partial charge is 0.454 e. The van der Waals surface area contributed by atoms with Gasteiger partial charge in [-0.05, 0) is 59.7 Å². The van der Waals surface area contributed by atoms with Crippen LogP contribution >= 0.6 is 0 Å². The molecule has 0 radical (unpaired) electrons. The van der Waals surface area contributed by atoms with Gasteiger partial charge < -0.3 is 34.3 Å². The van der Waals surface area contributed by atoms with Gasteiger partial charge in [-0.2, -0.15) is 23.1 Å². The molecule has 0 saturated carbocycles. The van der Waals surface area contributed by atoms with Crippen LogP contribution in [0.4, 0.5) is 36.3 Å². The average Bonchev–Trinajstić information content (AvgIpc) is 3.68. The normalized spacial score (nSPS) is 14.7. The van der Waals surface area contributed by atoms with Gasteiger partial charge in [-0.25, -0.2) is 4.98 Å². The predicted molar refractivity (Wildman–Crippen MR) is 159 cm³/mol. The van der Waals surface area contributed by atoms with Crippen LogP contribution in [0, 0.1) is 0 Å². The van der Waals surface area contributed by atoms with Crippen molar-refractivity contribution < 1.29 is 27.4 Å². The third-order valence-electron chi connectivity index (χ3n) is 7.49. The SMILES string of the molecule is FC(F)(F)c1ccc(Cn2cnc3c(Nc4ccc(N5CCOCC5)cc4)nc(NCc4ccc5c(c4)OCO5)nc32)cc1. The van der Waals surface area contributed by atoms with Gasteiger partial charge in [-0.15, -0.1) is 0 Å². The van der Waals surface area contributed by atoms with Crippen LogP contribution < -0.4 is 25.0 Å². The van der Waals surface area contributed by atoms with Gasteiger partial charge >= 0.3 is 6.18 Å². The summed E-state index contributed by atoms with van der Waals surface area (Å²) in [6.45, 7) is 3.98. The van der Waals surface area contributed by atoms with Gasteiger partial charge in [0, 0.05) is 31.0 Å². The molecule has 7 rings (SSSR count). The number of aromatic nitrogens is 4. The summed E-state index contributed by atoms with van der Waals surface area (Å²) in [5.74, 6) is 2.23. The van der Waals surface area contributed by atoms with Crippen molar-refractivity contribution in [2.24, 2.45) is 0 Å². The third kappa shape index (κ3) is 5.91.